The van der Waals surface area contributed by atoms with Gasteiger partial charge in [-0.2, -0.15) is 0 Å². The number of rotatable bonds is 4. The zero-order valence-corrected chi connectivity index (χ0v) is 8.65. The zero-order chi connectivity index (χ0) is 10.8. The standard InChI is InChI=1S/C10H17N3O2/c11-8(13-15)4-5-12-10(14)9-6-2-1-3-7(6)9/h6-7,9,15H,1-5H2,(H2,11,13)(H,12,14). The maximum absolute atomic E-state index is 11.6. The summed E-state index contributed by atoms with van der Waals surface area (Å²) in [5.41, 5.74) is 5.29. The van der Waals surface area contributed by atoms with Crippen molar-refractivity contribution < 1.29 is 10.0 Å². The van der Waals surface area contributed by atoms with Crippen LogP contribution in [0.25, 0.3) is 0 Å². The van der Waals surface area contributed by atoms with Crippen LogP contribution >= 0.6 is 0 Å². The molecule has 2 aliphatic carbocycles. The van der Waals surface area contributed by atoms with E-state index in [1.165, 1.54) is 19.3 Å². The van der Waals surface area contributed by atoms with Crippen molar-refractivity contribution in [2.24, 2.45) is 28.6 Å². The van der Waals surface area contributed by atoms with E-state index in [9.17, 15) is 4.79 Å². The SMILES string of the molecule is NC(CCNC(=O)C1C2CCCC21)=NO. The molecule has 0 aromatic rings. The van der Waals surface area contributed by atoms with E-state index in [1.807, 2.05) is 0 Å². The molecule has 5 nitrogen and oxygen atoms in total. The number of nitrogens with zero attached hydrogens (tertiary/aromatic N) is 1. The third-order valence-corrected chi connectivity index (χ3v) is 3.52. The molecular weight excluding hydrogens is 194 g/mol. The van der Waals surface area contributed by atoms with E-state index in [4.69, 9.17) is 10.9 Å². The molecule has 0 radical (unpaired) electrons. The number of oxime groups is 1. The van der Waals surface area contributed by atoms with Crippen LogP contribution in [0.2, 0.25) is 0 Å². The molecule has 0 heterocycles. The Balaban J connectivity index is 1.66. The minimum atomic E-state index is 0.149. The number of amides is 1. The van der Waals surface area contributed by atoms with E-state index >= 15 is 0 Å². The Hall–Kier alpha value is -1.26. The highest BCUT2D eigenvalue weighted by molar-refractivity contribution is 5.84. The van der Waals surface area contributed by atoms with E-state index in [2.05, 4.69) is 10.5 Å². The van der Waals surface area contributed by atoms with Crippen molar-refractivity contribution in [1.29, 1.82) is 0 Å². The number of hydrogen-bond acceptors (Lipinski definition) is 3. The van der Waals surface area contributed by atoms with Crippen molar-refractivity contribution in [1.82, 2.24) is 5.32 Å². The van der Waals surface area contributed by atoms with Crippen molar-refractivity contribution in [2.75, 3.05) is 6.54 Å². The van der Waals surface area contributed by atoms with Crippen LogP contribution in [0, 0.1) is 17.8 Å². The maximum Gasteiger partial charge on any atom is 0.223 e. The number of nitrogens with one attached hydrogen (secondary N) is 1. The minimum Gasteiger partial charge on any atom is -0.409 e. The maximum atomic E-state index is 11.6. The van der Waals surface area contributed by atoms with Crippen LogP contribution < -0.4 is 11.1 Å². The Morgan fingerprint density at radius 3 is 2.73 bits per heavy atom. The molecule has 2 aliphatic rings. The molecule has 0 spiro atoms. The van der Waals surface area contributed by atoms with Crippen LogP contribution in [0.1, 0.15) is 25.7 Å². The average molecular weight is 211 g/mol. The van der Waals surface area contributed by atoms with Gasteiger partial charge in [-0.25, -0.2) is 0 Å². The largest absolute Gasteiger partial charge is 0.409 e. The average Bonchev–Trinajstić information content (AvgIpc) is 2.72. The predicted octanol–water partition coefficient (Wildman–Crippen LogP) is 0.285. The summed E-state index contributed by atoms with van der Waals surface area (Å²) >= 11 is 0. The molecule has 84 valence electrons. The number of nitrogens with two attached hydrogens (primary N) is 1. The van der Waals surface area contributed by atoms with Gasteiger partial charge in [0.1, 0.15) is 5.84 Å². The van der Waals surface area contributed by atoms with Crippen molar-refractivity contribution in [3.8, 4) is 0 Å². The van der Waals surface area contributed by atoms with Crippen LogP contribution in [0.15, 0.2) is 5.16 Å². The highest BCUT2D eigenvalue weighted by atomic mass is 16.4. The Morgan fingerprint density at radius 1 is 1.47 bits per heavy atom. The normalized spacial score (nSPS) is 33.6. The number of carbonyl (C=O) groups excluding carboxylic acids is 1. The van der Waals surface area contributed by atoms with Crippen LogP contribution in [-0.4, -0.2) is 23.5 Å². The molecule has 2 saturated carbocycles. The van der Waals surface area contributed by atoms with E-state index in [1.54, 1.807) is 0 Å². The van der Waals surface area contributed by atoms with Crippen molar-refractivity contribution in [2.45, 2.75) is 25.7 Å². The fourth-order valence-electron chi connectivity index (χ4n) is 2.69. The lowest BCUT2D eigenvalue weighted by Crippen LogP contribution is -2.30. The summed E-state index contributed by atoms with van der Waals surface area (Å²) in [4.78, 5) is 11.6. The summed E-state index contributed by atoms with van der Waals surface area (Å²) in [5, 5.41) is 14.0. The molecule has 0 aromatic carbocycles. The Labute approximate surface area is 88.7 Å². The van der Waals surface area contributed by atoms with Crippen LogP contribution in [-0.2, 0) is 4.79 Å². The second-order valence-corrected chi connectivity index (χ2v) is 4.42. The highest BCUT2D eigenvalue weighted by Crippen LogP contribution is 2.57. The van der Waals surface area contributed by atoms with Crippen molar-refractivity contribution in [3.63, 3.8) is 0 Å². The number of amidine groups is 1. The summed E-state index contributed by atoms with van der Waals surface area (Å²) in [6.45, 7) is 0.463. The van der Waals surface area contributed by atoms with Crippen LogP contribution in [0.4, 0.5) is 0 Å². The first-order valence-corrected chi connectivity index (χ1v) is 5.48. The van der Waals surface area contributed by atoms with Crippen molar-refractivity contribution in [3.05, 3.63) is 0 Å². The first kappa shape index (κ1) is 10.3. The zero-order valence-electron chi connectivity index (χ0n) is 8.65. The van der Waals surface area contributed by atoms with Gasteiger partial charge in [-0.05, 0) is 24.7 Å². The van der Waals surface area contributed by atoms with Gasteiger partial charge in [0.15, 0.2) is 0 Å². The lowest BCUT2D eigenvalue weighted by molar-refractivity contribution is -0.123. The van der Waals surface area contributed by atoms with Gasteiger partial charge in [-0.1, -0.05) is 11.6 Å². The quantitative estimate of drug-likeness (QED) is 0.270. The molecule has 0 aromatic heterocycles. The Bertz CT molecular complexity index is 280. The molecule has 0 saturated heterocycles. The molecule has 5 heteroatoms. The first-order valence-electron chi connectivity index (χ1n) is 5.48. The minimum absolute atomic E-state index is 0.149. The van der Waals surface area contributed by atoms with Gasteiger partial charge >= 0.3 is 0 Å². The number of hydrogen-bond donors (Lipinski definition) is 3. The summed E-state index contributed by atoms with van der Waals surface area (Å²) in [6.07, 6.45) is 4.11. The van der Waals surface area contributed by atoms with Gasteiger partial charge in [-0.3, -0.25) is 4.79 Å². The third-order valence-electron chi connectivity index (χ3n) is 3.52. The van der Waals surface area contributed by atoms with E-state index in [0.29, 0.717) is 24.8 Å². The van der Waals surface area contributed by atoms with Crippen molar-refractivity contribution >= 4 is 11.7 Å². The lowest BCUT2D eigenvalue weighted by atomic mass is 10.1. The second kappa shape index (κ2) is 4.08. The molecule has 2 rings (SSSR count). The topological polar surface area (TPSA) is 87.7 Å². The summed E-state index contributed by atoms with van der Waals surface area (Å²) < 4.78 is 0. The van der Waals surface area contributed by atoms with Gasteiger partial charge in [0.2, 0.25) is 5.91 Å². The molecular formula is C10H17N3O2. The van der Waals surface area contributed by atoms with Crippen LogP contribution in [0.5, 0.6) is 0 Å². The van der Waals surface area contributed by atoms with Gasteiger partial charge < -0.3 is 16.3 Å². The van der Waals surface area contributed by atoms with Gasteiger partial charge in [0.25, 0.3) is 0 Å². The second-order valence-electron chi connectivity index (χ2n) is 4.42. The summed E-state index contributed by atoms with van der Waals surface area (Å²) in [5.74, 6) is 1.86. The fraction of sp³-hybridized carbons (Fsp3) is 0.800. The molecule has 2 atom stereocenters. The molecule has 2 unspecified atom stereocenters. The third kappa shape index (κ3) is 2.06. The fourth-order valence-corrected chi connectivity index (χ4v) is 2.69. The van der Waals surface area contributed by atoms with E-state index in [0.717, 1.165) is 0 Å². The molecule has 15 heavy (non-hydrogen) atoms. The smallest absolute Gasteiger partial charge is 0.223 e. The molecule has 2 fully saturated rings. The highest BCUT2D eigenvalue weighted by Gasteiger charge is 2.56. The molecule has 4 N–H and O–H groups in total. The summed E-state index contributed by atoms with van der Waals surface area (Å²) in [7, 11) is 0. The molecule has 1 amide bonds. The first-order chi connectivity index (χ1) is 7.24. The monoisotopic (exact) mass is 211 g/mol. The summed E-state index contributed by atoms with van der Waals surface area (Å²) in [6, 6.07) is 0. The van der Waals surface area contributed by atoms with E-state index in [-0.39, 0.29) is 17.7 Å². The van der Waals surface area contributed by atoms with Gasteiger partial charge in [-0.15, -0.1) is 0 Å². The Morgan fingerprint density at radius 2 is 2.13 bits per heavy atom. The molecule has 0 aliphatic heterocycles. The number of fused-ring (bicyclic) bond motifs is 1. The van der Waals surface area contributed by atoms with Crippen LogP contribution in [0.3, 0.4) is 0 Å². The number of carbonyl (C=O) groups is 1. The predicted molar refractivity (Wildman–Crippen MR) is 55.4 cm³/mol. The van der Waals surface area contributed by atoms with Gasteiger partial charge in [0.05, 0.1) is 0 Å². The molecule has 0 bridgehead atoms. The Kier molecular flexibility index (Phi) is 2.79. The van der Waals surface area contributed by atoms with E-state index < -0.39 is 0 Å². The lowest BCUT2D eigenvalue weighted by Gasteiger charge is -2.05. The van der Waals surface area contributed by atoms with Gasteiger partial charge in [0, 0.05) is 18.9 Å².